The van der Waals surface area contributed by atoms with Gasteiger partial charge in [0.2, 0.25) is 0 Å². The fourth-order valence-corrected chi connectivity index (χ4v) is 4.03. The SMILES string of the molecule is COc1ccc(CO[C@H](/C=C\C(C)[C@H]2OC(C)(C)O[C@H]2CCI)C(C)C)cc1. The Morgan fingerprint density at radius 2 is 1.79 bits per heavy atom. The van der Waals surface area contributed by atoms with E-state index in [1.54, 1.807) is 7.11 Å². The molecular formula is C23H35IO4. The Hall–Kier alpha value is -0.630. The lowest BCUT2D eigenvalue weighted by Crippen LogP contribution is -2.29. The number of ether oxygens (including phenoxy) is 4. The van der Waals surface area contributed by atoms with E-state index in [0.29, 0.717) is 12.5 Å². The predicted molar refractivity (Wildman–Crippen MR) is 122 cm³/mol. The molecule has 28 heavy (non-hydrogen) atoms. The van der Waals surface area contributed by atoms with E-state index >= 15 is 0 Å². The maximum Gasteiger partial charge on any atom is 0.163 e. The van der Waals surface area contributed by atoms with Gasteiger partial charge in [0.15, 0.2) is 5.79 Å². The second-order valence-corrected chi connectivity index (χ2v) is 9.31. The fraction of sp³-hybridized carbons (Fsp3) is 0.652. The van der Waals surface area contributed by atoms with Crippen LogP contribution in [0, 0.1) is 11.8 Å². The number of halogens is 1. The highest BCUT2D eigenvalue weighted by Gasteiger charge is 2.42. The largest absolute Gasteiger partial charge is 0.497 e. The van der Waals surface area contributed by atoms with Crippen LogP contribution in [0.3, 0.4) is 0 Å². The third-order valence-electron chi connectivity index (χ3n) is 5.00. The van der Waals surface area contributed by atoms with E-state index in [4.69, 9.17) is 18.9 Å². The summed E-state index contributed by atoms with van der Waals surface area (Å²) in [7, 11) is 1.68. The van der Waals surface area contributed by atoms with E-state index in [-0.39, 0.29) is 24.2 Å². The van der Waals surface area contributed by atoms with Crippen molar-refractivity contribution in [2.75, 3.05) is 11.5 Å². The molecule has 2 rings (SSSR count). The minimum Gasteiger partial charge on any atom is -0.497 e. The normalized spacial score (nSPS) is 24.0. The second kappa shape index (κ2) is 11.0. The molecule has 1 aromatic rings. The summed E-state index contributed by atoms with van der Waals surface area (Å²) < 4.78 is 24.8. The highest BCUT2D eigenvalue weighted by Crippen LogP contribution is 2.34. The first kappa shape index (κ1) is 23.6. The average molecular weight is 502 g/mol. The number of alkyl halides is 1. The summed E-state index contributed by atoms with van der Waals surface area (Å²) in [6.07, 6.45) is 5.71. The topological polar surface area (TPSA) is 36.9 Å². The monoisotopic (exact) mass is 502 g/mol. The zero-order chi connectivity index (χ0) is 20.7. The van der Waals surface area contributed by atoms with Gasteiger partial charge < -0.3 is 18.9 Å². The van der Waals surface area contributed by atoms with E-state index in [1.165, 1.54) is 0 Å². The Kier molecular flexibility index (Phi) is 9.25. The van der Waals surface area contributed by atoms with Crippen molar-refractivity contribution in [3.05, 3.63) is 42.0 Å². The van der Waals surface area contributed by atoms with Crippen molar-refractivity contribution in [3.63, 3.8) is 0 Å². The molecule has 0 spiro atoms. The van der Waals surface area contributed by atoms with Crippen LogP contribution in [0.25, 0.3) is 0 Å². The standard InChI is InChI=1S/C23H35IO4/c1-16(2)20(26-15-18-8-10-19(25-6)11-9-18)12-7-17(3)22-21(13-14-24)27-23(4,5)28-22/h7-12,16-17,20-22H,13-15H2,1-6H3/b12-7-/t17?,20-,21+,22-/m1/s1. The van der Waals surface area contributed by atoms with Crippen LogP contribution in [0.1, 0.15) is 46.6 Å². The quantitative estimate of drug-likeness (QED) is 0.231. The molecule has 1 saturated heterocycles. The van der Waals surface area contributed by atoms with Gasteiger partial charge in [0.1, 0.15) is 5.75 Å². The molecule has 1 unspecified atom stereocenters. The molecule has 0 amide bonds. The number of hydrogen-bond donors (Lipinski definition) is 0. The molecule has 4 nitrogen and oxygen atoms in total. The zero-order valence-corrected chi connectivity index (χ0v) is 20.1. The van der Waals surface area contributed by atoms with Crippen molar-refractivity contribution in [1.29, 1.82) is 0 Å². The Morgan fingerprint density at radius 3 is 2.36 bits per heavy atom. The van der Waals surface area contributed by atoms with Crippen molar-refractivity contribution in [2.45, 2.75) is 71.7 Å². The molecule has 158 valence electrons. The van der Waals surface area contributed by atoms with Gasteiger partial charge in [-0.3, -0.25) is 0 Å². The molecule has 5 heteroatoms. The number of methoxy groups -OCH3 is 1. The first-order valence-electron chi connectivity index (χ1n) is 10.1. The summed E-state index contributed by atoms with van der Waals surface area (Å²) in [5.41, 5.74) is 1.14. The van der Waals surface area contributed by atoms with Gasteiger partial charge in [0.05, 0.1) is 32.0 Å². The first-order valence-corrected chi connectivity index (χ1v) is 11.6. The summed E-state index contributed by atoms with van der Waals surface area (Å²) in [6, 6.07) is 8.02. The van der Waals surface area contributed by atoms with Crippen molar-refractivity contribution in [3.8, 4) is 5.75 Å². The summed E-state index contributed by atoms with van der Waals surface area (Å²) in [5, 5.41) is 0. The summed E-state index contributed by atoms with van der Waals surface area (Å²) >= 11 is 2.40. The lowest BCUT2D eigenvalue weighted by Gasteiger charge is -2.23. The van der Waals surface area contributed by atoms with Gasteiger partial charge in [0, 0.05) is 10.3 Å². The molecule has 1 aromatic carbocycles. The van der Waals surface area contributed by atoms with Gasteiger partial charge >= 0.3 is 0 Å². The van der Waals surface area contributed by atoms with Crippen LogP contribution >= 0.6 is 22.6 Å². The van der Waals surface area contributed by atoms with Crippen molar-refractivity contribution >= 4 is 22.6 Å². The summed E-state index contributed by atoms with van der Waals surface area (Å²) in [5.74, 6) is 1.01. The van der Waals surface area contributed by atoms with Crippen LogP contribution in [0.2, 0.25) is 0 Å². The number of rotatable bonds is 10. The van der Waals surface area contributed by atoms with Gasteiger partial charge in [-0.05, 0) is 43.9 Å². The maximum absolute atomic E-state index is 6.19. The third-order valence-corrected chi connectivity index (χ3v) is 5.62. The molecule has 0 bridgehead atoms. The van der Waals surface area contributed by atoms with E-state index in [0.717, 1.165) is 22.2 Å². The summed E-state index contributed by atoms with van der Waals surface area (Å²) in [4.78, 5) is 0. The van der Waals surface area contributed by atoms with E-state index in [1.807, 2.05) is 38.1 Å². The van der Waals surface area contributed by atoms with Crippen molar-refractivity contribution in [2.24, 2.45) is 11.8 Å². The van der Waals surface area contributed by atoms with Crippen molar-refractivity contribution < 1.29 is 18.9 Å². The molecule has 1 aliphatic rings. The predicted octanol–water partition coefficient (Wildman–Crippen LogP) is 5.77. The average Bonchev–Trinajstić information content (AvgIpc) is 2.96. The van der Waals surface area contributed by atoms with Crippen LogP contribution in [0.4, 0.5) is 0 Å². The lowest BCUT2D eigenvalue weighted by molar-refractivity contribution is -0.148. The van der Waals surface area contributed by atoms with Gasteiger partial charge in [-0.15, -0.1) is 0 Å². The number of benzene rings is 1. The van der Waals surface area contributed by atoms with Crippen LogP contribution in [0.15, 0.2) is 36.4 Å². The first-order chi connectivity index (χ1) is 13.3. The zero-order valence-electron chi connectivity index (χ0n) is 18.0. The van der Waals surface area contributed by atoms with Gasteiger partial charge in [-0.1, -0.05) is 67.6 Å². The summed E-state index contributed by atoms with van der Waals surface area (Å²) in [6.45, 7) is 11.2. The Morgan fingerprint density at radius 1 is 1.11 bits per heavy atom. The second-order valence-electron chi connectivity index (χ2n) is 8.23. The van der Waals surface area contributed by atoms with Crippen LogP contribution in [-0.2, 0) is 20.8 Å². The molecule has 1 heterocycles. The van der Waals surface area contributed by atoms with E-state index < -0.39 is 5.79 Å². The molecule has 0 aliphatic carbocycles. The Labute approximate surface area is 184 Å². The smallest absolute Gasteiger partial charge is 0.163 e. The maximum atomic E-state index is 6.19. The minimum absolute atomic E-state index is 0.0582. The molecule has 0 radical (unpaired) electrons. The highest BCUT2D eigenvalue weighted by atomic mass is 127. The van der Waals surface area contributed by atoms with Crippen LogP contribution in [0.5, 0.6) is 5.75 Å². The molecular weight excluding hydrogens is 467 g/mol. The third kappa shape index (κ3) is 7.01. The van der Waals surface area contributed by atoms with E-state index in [2.05, 4.69) is 55.5 Å². The fourth-order valence-electron chi connectivity index (χ4n) is 3.42. The Balaban J connectivity index is 1.96. The minimum atomic E-state index is -0.508. The van der Waals surface area contributed by atoms with Gasteiger partial charge in [0.25, 0.3) is 0 Å². The molecule has 4 atom stereocenters. The van der Waals surface area contributed by atoms with Crippen LogP contribution in [-0.4, -0.2) is 35.6 Å². The van der Waals surface area contributed by atoms with Gasteiger partial charge in [-0.2, -0.15) is 0 Å². The van der Waals surface area contributed by atoms with Gasteiger partial charge in [-0.25, -0.2) is 0 Å². The van der Waals surface area contributed by atoms with E-state index in [9.17, 15) is 0 Å². The van der Waals surface area contributed by atoms with Crippen LogP contribution < -0.4 is 4.74 Å². The molecule has 0 saturated carbocycles. The highest BCUT2D eigenvalue weighted by molar-refractivity contribution is 14.1. The molecule has 0 N–H and O–H groups in total. The van der Waals surface area contributed by atoms with Crippen molar-refractivity contribution in [1.82, 2.24) is 0 Å². The molecule has 1 aliphatic heterocycles. The Bertz CT molecular complexity index is 612. The molecule has 1 fully saturated rings. The lowest BCUT2D eigenvalue weighted by atomic mass is 9.96. The number of hydrogen-bond acceptors (Lipinski definition) is 4. The molecule has 0 aromatic heterocycles.